The van der Waals surface area contributed by atoms with Crippen molar-refractivity contribution in [2.24, 2.45) is 11.8 Å². The molecule has 0 spiro atoms. The molecule has 3 amide bonds. The molecule has 8 heteroatoms. The highest BCUT2D eigenvalue weighted by Gasteiger charge is 2.44. The molecule has 2 aromatic rings. The third-order valence-corrected chi connectivity index (χ3v) is 7.20. The minimum Gasteiger partial charge on any atom is -0.465 e. The minimum atomic E-state index is -1.02. The summed E-state index contributed by atoms with van der Waals surface area (Å²) in [6.45, 7) is 0.927. The highest BCUT2D eigenvalue weighted by molar-refractivity contribution is 5.98. The molecule has 8 nitrogen and oxygen atoms in total. The summed E-state index contributed by atoms with van der Waals surface area (Å²) in [4.78, 5) is 39.6. The molecule has 2 fully saturated rings. The number of hydrogen-bond acceptors (Lipinski definition) is 4. The Morgan fingerprint density at radius 1 is 0.971 bits per heavy atom. The first-order valence-electron chi connectivity index (χ1n) is 12.1. The highest BCUT2D eigenvalue weighted by atomic mass is 16.4. The molecule has 1 saturated carbocycles. The van der Waals surface area contributed by atoms with Crippen LogP contribution in [0.1, 0.15) is 49.1 Å². The van der Waals surface area contributed by atoms with Gasteiger partial charge in [0.15, 0.2) is 0 Å². The predicted molar refractivity (Wildman–Crippen MR) is 131 cm³/mol. The van der Waals surface area contributed by atoms with Crippen LogP contribution in [0.2, 0.25) is 0 Å². The van der Waals surface area contributed by atoms with Gasteiger partial charge in [-0.2, -0.15) is 5.26 Å². The Morgan fingerprint density at radius 2 is 1.66 bits per heavy atom. The van der Waals surface area contributed by atoms with Crippen molar-refractivity contribution < 1.29 is 19.5 Å². The van der Waals surface area contributed by atoms with Gasteiger partial charge in [-0.15, -0.1) is 0 Å². The molecule has 0 aromatic heterocycles. The fourth-order valence-corrected chi connectivity index (χ4v) is 5.34. The van der Waals surface area contributed by atoms with Crippen LogP contribution in [0.3, 0.4) is 0 Å². The molecule has 2 aromatic carbocycles. The van der Waals surface area contributed by atoms with Crippen molar-refractivity contribution in [2.75, 3.05) is 18.4 Å². The number of likely N-dealkylation sites (tertiary alicyclic amines) is 1. The average Bonchev–Trinajstić information content (AvgIpc) is 3.34. The van der Waals surface area contributed by atoms with E-state index in [-0.39, 0.29) is 29.6 Å². The number of carboxylic acid groups (broad SMARTS) is 1. The van der Waals surface area contributed by atoms with E-state index in [1.807, 2.05) is 30.3 Å². The zero-order valence-corrected chi connectivity index (χ0v) is 19.5. The Hall–Kier alpha value is -3.86. The number of rotatable bonds is 6. The number of carbonyl (C=O) groups excluding carboxylic acids is 2. The van der Waals surface area contributed by atoms with Crippen molar-refractivity contribution >= 4 is 23.6 Å². The van der Waals surface area contributed by atoms with Crippen molar-refractivity contribution in [3.8, 4) is 6.07 Å². The van der Waals surface area contributed by atoms with Crippen molar-refractivity contribution in [2.45, 2.75) is 44.1 Å². The van der Waals surface area contributed by atoms with E-state index in [1.54, 1.807) is 29.2 Å². The van der Waals surface area contributed by atoms with Crippen molar-refractivity contribution in [1.82, 2.24) is 10.2 Å². The summed E-state index contributed by atoms with van der Waals surface area (Å²) in [5.41, 5.74) is 2.13. The first-order chi connectivity index (χ1) is 17.0. The van der Waals surface area contributed by atoms with E-state index in [4.69, 9.17) is 10.4 Å². The quantitative estimate of drug-likeness (QED) is 0.585. The monoisotopic (exact) mass is 474 g/mol. The molecule has 35 heavy (non-hydrogen) atoms. The maximum absolute atomic E-state index is 13.6. The van der Waals surface area contributed by atoms with Crippen LogP contribution in [0.5, 0.6) is 0 Å². The molecule has 1 aliphatic carbocycles. The zero-order valence-electron chi connectivity index (χ0n) is 19.5. The van der Waals surface area contributed by atoms with Gasteiger partial charge in [0.2, 0.25) is 11.8 Å². The number of nitrogens with zero attached hydrogens (tertiary/aromatic N) is 2. The number of carbonyl (C=O) groups is 3. The van der Waals surface area contributed by atoms with E-state index in [2.05, 4.69) is 16.7 Å². The van der Waals surface area contributed by atoms with Crippen molar-refractivity contribution in [3.05, 3.63) is 65.7 Å². The molecule has 182 valence electrons. The van der Waals surface area contributed by atoms with Crippen LogP contribution < -0.4 is 10.6 Å². The van der Waals surface area contributed by atoms with Gasteiger partial charge >= 0.3 is 6.09 Å². The summed E-state index contributed by atoms with van der Waals surface area (Å²) in [6.07, 6.45) is 2.65. The molecular weight excluding hydrogens is 444 g/mol. The molecule has 1 heterocycles. The van der Waals surface area contributed by atoms with E-state index in [0.717, 1.165) is 18.4 Å². The van der Waals surface area contributed by atoms with Crippen LogP contribution >= 0.6 is 0 Å². The number of nitriles is 1. The number of hydrogen-bond donors (Lipinski definition) is 3. The van der Waals surface area contributed by atoms with E-state index < -0.39 is 12.1 Å². The molecule has 0 radical (unpaired) electrons. The standard InChI is InChI=1S/C27H30N4O4/c28-16-18-8-12-22(13-9-18)30-25(32)24-23(20-4-2-1-3-5-20)14-15-31(24)26(33)21-10-6-19(7-11-21)17-29-27(34)35/h1-5,8-9,12-13,19,21,23-24,29H,6-7,10-11,14-15,17H2,(H,30,32)(H,34,35)/t19?,21?,23-,24-/m0/s1. The fraction of sp³-hybridized carbons (Fsp3) is 0.407. The lowest BCUT2D eigenvalue weighted by molar-refractivity contribution is -0.141. The third-order valence-electron chi connectivity index (χ3n) is 7.20. The summed E-state index contributed by atoms with van der Waals surface area (Å²) in [5.74, 6) is -0.242. The second-order valence-electron chi connectivity index (χ2n) is 9.36. The van der Waals surface area contributed by atoms with Gasteiger partial charge in [0.25, 0.3) is 0 Å². The largest absolute Gasteiger partial charge is 0.465 e. The first kappa shape index (κ1) is 24.3. The predicted octanol–water partition coefficient (Wildman–Crippen LogP) is 3.96. The van der Waals surface area contributed by atoms with Gasteiger partial charge < -0.3 is 20.6 Å². The number of benzene rings is 2. The average molecular weight is 475 g/mol. The van der Waals surface area contributed by atoms with E-state index in [0.29, 0.717) is 43.6 Å². The minimum absolute atomic E-state index is 0.00746. The van der Waals surface area contributed by atoms with E-state index in [1.165, 1.54) is 0 Å². The van der Waals surface area contributed by atoms with Crippen LogP contribution in [0.25, 0.3) is 0 Å². The van der Waals surface area contributed by atoms with Crippen molar-refractivity contribution in [3.63, 3.8) is 0 Å². The number of anilines is 1. The Morgan fingerprint density at radius 3 is 2.29 bits per heavy atom. The van der Waals surface area contributed by atoms with Gasteiger partial charge in [-0.25, -0.2) is 4.79 Å². The lowest BCUT2D eigenvalue weighted by atomic mass is 9.81. The van der Waals surface area contributed by atoms with Crippen LogP contribution in [-0.4, -0.2) is 47.0 Å². The van der Waals surface area contributed by atoms with Crippen LogP contribution in [0, 0.1) is 23.2 Å². The Balaban J connectivity index is 1.49. The third kappa shape index (κ3) is 5.80. The summed E-state index contributed by atoms with van der Waals surface area (Å²) < 4.78 is 0. The maximum Gasteiger partial charge on any atom is 0.404 e. The Bertz CT molecular complexity index is 1090. The summed E-state index contributed by atoms with van der Waals surface area (Å²) in [7, 11) is 0. The molecule has 0 bridgehead atoms. The van der Waals surface area contributed by atoms with Gasteiger partial charge in [0.05, 0.1) is 11.6 Å². The van der Waals surface area contributed by atoms with E-state index in [9.17, 15) is 14.4 Å². The molecular formula is C27H30N4O4. The zero-order chi connectivity index (χ0) is 24.8. The van der Waals surface area contributed by atoms with Gasteiger partial charge in [-0.1, -0.05) is 30.3 Å². The second-order valence-corrected chi connectivity index (χ2v) is 9.36. The van der Waals surface area contributed by atoms with Crippen LogP contribution in [0.4, 0.5) is 10.5 Å². The highest BCUT2D eigenvalue weighted by Crippen LogP contribution is 2.38. The number of nitrogens with one attached hydrogen (secondary N) is 2. The van der Waals surface area contributed by atoms with Gasteiger partial charge in [-0.05, 0) is 67.9 Å². The molecule has 0 unspecified atom stereocenters. The lowest BCUT2D eigenvalue weighted by Crippen LogP contribution is -2.48. The summed E-state index contributed by atoms with van der Waals surface area (Å²) in [6, 6.07) is 18.0. The second kappa shape index (κ2) is 11.0. The first-order valence-corrected chi connectivity index (χ1v) is 12.1. The Kier molecular flexibility index (Phi) is 7.66. The molecule has 3 N–H and O–H groups in total. The SMILES string of the molecule is N#Cc1ccc(NC(=O)[C@@H]2[C@H](c3ccccc3)CCN2C(=O)C2CCC(CNC(=O)O)CC2)cc1. The Labute approximate surface area is 204 Å². The molecule has 1 saturated heterocycles. The molecule has 1 aliphatic heterocycles. The topological polar surface area (TPSA) is 123 Å². The van der Waals surface area contributed by atoms with Gasteiger partial charge in [-0.3, -0.25) is 9.59 Å². The molecule has 4 rings (SSSR count). The van der Waals surface area contributed by atoms with Crippen LogP contribution in [-0.2, 0) is 9.59 Å². The lowest BCUT2D eigenvalue weighted by Gasteiger charge is -2.33. The number of amides is 3. The smallest absolute Gasteiger partial charge is 0.404 e. The molecule has 2 atom stereocenters. The fourth-order valence-electron chi connectivity index (χ4n) is 5.34. The maximum atomic E-state index is 13.6. The summed E-state index contributed by atoms with van der Waals surface area (Å²) in [5, 5.41) is 23.3. The van der Waals surface area contributed by atoms with Crippen LogP contribution in [0.15, 0.2) is 54.6 Å². The summed E-state index contributed by atoms with van der Waals surface area (Å²) >= 11 is 0. The van der Waals surface area contributed by atoms with Gasteiger partial charge in [0.1, 0.15) is 6.04 Å². The van der Waals surface area contributed by atoms with Gasteiger partial charge in [0, 0.05) is 30.6 Å². The molecule has 2 aliphatic rings. The van der Waals surface area contributed by atoms with Crippen molar-refractivity contribution in [1.29, 1.82) is 5.26 Å². The van der Waals surface area contributed by atoms with E-state index >= 15 is 0 Å². The normalized spacial score (nSPS) is 23.8.